The summed E-state index contributed by atoms with van der Waals surface area (Å²) in [5.74, 6) is 0. The zero-order valence-corrected chi connectivity index (χ0v) is 10.3. The van der Waals surface area contributed by atoms with Crippen LogP contribution in [0.2, 0.25) is 0 Å². The van der Waals surface area contributed by atoms with E-state index in [-0.39, 0.29) is 0 Å². The Balaban J connectivity index is 3.43. The van der Waals surface area contributed by atoms with Gasteiger partial charge in [-0.2, -0.15) is 0 Å². The molecule has 0 aromatic rings. The van der Waals surface area contributed by atoms with Gasteiger partial charge in [-0.25, -0.2) is 0 Å². The van der Waals surface area contributed by atoms with Crippen LogP contribution in [0, 0.1) is 0 Å². The Kier molecular flexibility index (Phi) is 4.22. The molecule has 1 aliphatic carbocycles. The first-order chi connectivity index (χ1) is 8.02. The second-order valence-electron chi connectivity index (χ2n) is 3.86. The third kappa shape index (κ3) is 1.83. The van der Waals surface area contributed by atoms with Crippen LogP contribution in [0.4, 0.5) is 0 Å². The summed E-state index contributed by atoms with van der Waals surface area (Å²) in [5.41, 5.74) is 0. The van der Waals surface area contributed by atoms with Gasteiger partial charge < -0.3 is 40.4 Å². The minimum atomic E-state index is -4.05. The van der Waals surface area contributed by atoms with E-state index < -0.39 is 51.2 Å². The lowest BCUT2D eigenvalue weighted by Crippen LogP contribution is -2.74. The van der Waals surface area contributed by atoms with Crippen molar-refractivity contribution in [1.82, 2.24) is 0 Å². The second kappa shape index (κ2) is 4.77. The maximum absolute atomic E-state index is 10.8. The van der Waals surface area contributed by atoms with E-state index in [1.54, 1.807) is 0 Å². The molecular weight excluding hydrogens is 294 g/mol. The Morgan fingerprint density at radius 3 is 1.33 bits per heavy atom. The van der Waals surface area contributed by atoms with Gasteiger partial charge in [0, 0.05) is 0 Å². The monoisotopic (exact) mass is 304 g/mol. The predicted molar refractivity (Wildman–Crippen MR) is 49.1 cm³/mol. The molecule has 0 aromatic heterocycles. The van der Waals surface area contributed by atoms with Crippen molar-refractivity contribution in [2.45, 2.75) is 35.1 Å². The largest absolute Gasteiger partial charge is 0.593 e. The summed E-state index contributed by atoms with van der Waals surface area (Å²) in [4.78, 5) is 21.7. The standard InChI is InChI=1S/C6H10O10P2/c7-1-2(8)5(11,17(13)14)4(10)6(12,3(1)9)18(15)16/h1-4,7-12H/t1?,2-,3-,4?,5-,6-/m1/s1. The highest BCUT2D eigenvalue weighted by molar-refractivity contribution is 7.39. The molecule has 0 aliphatic heterocycles. The first-order valence-corrected chi connectivity index (χ1v) is 6.83. The van der Waals surface area contributed by atoms with Gasteiger partial charge in [-0.15, -0.1) is 0 Å². The summed E-state index contributed by atoms with van der Waals surface area (Å²) >= 11 is 0. The molecule has 0 heterocycles. The summed E-state index contributed by atoms with van der Waals surface area (Å²) in [6, 6.07) is 0. The number of aliphatic hydroxyl groups excluding tert-OH is 4. The molecule has 1 fully saturated rings. The molecule has 6 N–H and O–H groups in total. The molecule has 1 aliphatic rings. The maximum atomic E-state index is 10.8. The van der Waals surface area contributed by atoms with E-state index in [1.165, 1.54) is 0 Å². The van der Waals surface area contributed by atoms with Crippen LogP contribution in [-0.2, 0) is 9.13 Å². The topological polar surface area (TPSA) is 202 Å². The van der Waals surface area contributed by atoms with Gasteiger partial charge in [-0.3, -0.25) is 0 Å². The summed E-state index contributed by atoms with van der Waals surface area (Å²) in [7, 11) is -8.10. The number of rotatable bonds is 2. The van der Waals surface area contributed by atoms with Crippen molar-refractivity contribution in [2.24, 2.45) is 0 Å². The SMILES string of the molecule is O=[P+]([O-])[C@@]1(O)C(O)[C@](O)([P+](=O)[O-])[C@H](O)C(O)[C@H]1O. The lowest BCUT2D eigenvalue weighted by molar-refractivity contribution is -0.284. The molecule has 2 unspecified atom stereocenters. The van der Waals surface area contributed by atoms with Crippen molar-refractivity contribution in [2.75, 3.05) is 0 Å². The summed E-state index contributed by atoms with van der Waals surface area (Å²) in [6.45, 7) is 0. The quantitative estimate of drug-likeness (QED) is 0.268. The van der Waals surface area contributed by atoms with Crippen LogP contribution >= 0.6 is 16.1 Å². The zero-order valence-electron chi connectivity index (χ0n) is 8.52. The summed E-state index contributed by atoms with van der Waals surface area (Å²) in [6.07, 6.45) is -10.7. The maximum Gasteiger partial charge on any atom is 0.350 e. The van der Waals surface area contributed by atoms with E-state index in [9.17, 15) is 49.6 Å². The van der Waals surface area contributed by atoms with E-state index in [4.69, 9.17) is 0 Å². The zero-order chi connectivity index (χ0) is 14.5. The minimum absolute atomic E-state index is 2.50. The molecule has 18 heavy (non-hydrogen) atoms. The third-order valence-corrected chi connectivity index (χ3v) is 5.10. The van der Waals surface area contributed by atoms with Gasteiger partial charge in [0.15, 0.2) is 12.2 Å². The Labute approximate surface area is 101 Å². The van der Waals surface area contributed by atoms with Crippen LogP contribution in [0.1, 0.15) is 0 Å². The molecule has 0 aromatic carbocycles. The van der Waals surface area contributed by atoms with Gasteiger partial charge >= 0.3 is 26.7 Å². The minimum Gasteiger partial charge on any atom is -0.593 e. The summed E-state index contributed by atoms with van der Waals surface area (Å²) in [5, 5.41) is 49.4. The van der Waals surface area contributed by atoms with Gasteiger partial charge in [-0.05, 0) is 0 Å². The molecule has 10 nitrogen and oxygen atoms in total. The van der Waals surface area contributed by atoms with Crippen molar-refractivity contribution in [3.8, 4) is 0 Å². The number of aliphatic hydroxyl groups is 6. The van der Waals surface area contributed by atoms with Gasteiger partial charge in [0.2, 0.25) is 6.10 Å². The van der Waals surface area contributed by atoms with Crippen LogP contribution in [0.3, 0.4) is 0 Å². The Hall–Kier alpha value is -0.120. The van der Waals surface area contributed by atoms with Crippen molar-refractivity contribution in [3.63, 3.8) is 0 Å². The lowest BCUT2D eigenvalue weighted by atomic mass is 9.83. The Bertz CT molecular complexity index is 355. The molecule has 1 saturated carbocycles. The van der Waals surface area contributed by atoms with Crippen molar-refractivity contribution >= 4 is 16.1 Å². The van der Waals surface area contributed by atoms with Crippen LogP contribution < -0.4 is 9.79 Å². The predicted octanol–water partition coefficient (Wildman–Crippen LogP) is -4.97. The molecule has 0 amide bonds. The van der Waals surface area contributed by atoms with Crippen molar-refractivity contribution in [1.29, 1.82) is 0 Å². The van der Waals surface area contributed by atoms with Crippen molar-refractivity contribution < 1.29 is 49.6 Å². The van der Waals surface area contributed by atoms with E-state index in [2.05, 4.69) is 0 Å². The van der Waals surface area contributed by atoms with Crippen molar-refractivity contribution in [3.05, 3.63) is 0 Å². The number of hydrogen-bond donors (Lipinski definition) is 6. The van der Waals surface area contributed by atoms with E-state index in [0.29, 0.717) is 0 Å². The molecular formula is C6H10O10P2. The van der Waals surface area contributed by atoms with Gasteiger partial charge in [0.05, 0.1) is 0 Å². The average molecular weight is 304 g/mol. The Morgan fingerprint density at radius 1 is 0.833 bits per heavy atom. The fourth-order valence-corrected chi connectivity index (χ4v) is 3.36. The van der Waals surface area contributed by atoms with E-state index in [1.807, 2.05) is 0 Å². The highest BCUT2D eigenvalue weighted by atomic mass is 31.1. The molecule has 0 saturated heterocycles. The smallest absolute Gasteiger partial charge is 0.350 e. The number of hydrogen-bond acceptors (Lipinski definition) is 10. The van der Waals surface area contributed by atoms with Gasteiger partial charge in [0.1, 0.15) is 6.10 Å². The van der Waals surface area contributed by atoms with Crippen LogP contribution in [-0.4, -0.2) is 65.7 Å². The summed E-state index contributed by atoms with van der Waals surface area (Å²) < 4.78 is 21.7. The van der Waals surface area contributed by atoms with Crippen LogP contribution in [0.5, 0.6) is 0 Å². The Morgan fingerprint density at radius 2 is 1.11 bits per heavy atom. The average Bonchev–Trinajstić information content (AvgIpc) is 2.30. The molecule has 0 radical (unpaired) electrons. The van der Waals surface area contributed by atoms with E-state index >= 15 is 0 Å². The first-order valence-electron chi connectivity index (χ1n) is 4.48. The highest BCUT2D eigenvalue weighted by Gasteiger charge is 2.77. The molecule has 0 spiro atoms. The fourth-order valence-electron chi connectivity index (χ4n) is 1.73. The molecule has 12 heteroatoms. The first kappa shape index (κ1) is 15.9. The van der Waals surface area contributed by atoms with Gasteiger partial charge in [-0.1, -0.05) is 9.13 Å². The lowest BCUT2D eigenvalue weighted by Gasteiger charge is -2.44. The highest BCUT2D eigenvalue weighted by Crippen LogP contribution is 2.52. The van der Waals surface area contributed by atoms with Gasteiger partial charge in [0.25, 0.3) is 0 Å². The van der Waals surface area contributed by atoms with Crippen LogP contribution in [0.15, 0.2) is 0 Å². The van der Waals surface area contributed by atoms with E-state index in [0.717, 1.165) is 0 Å². The second-order valence-corrected chi connectivity index (χ2v) is 6.32. The molecule has 104 valence electrons. The fraction of sp³-hybridized carbons (Fsp3) is 1.00. The molecule has 0 bridgehead atoms. The molecule has 6 atom stereocenters. The third-order valence-electron chi connectivity index (χ3n) is 2.91. The normalized spacial score (nSPS) is 50.9. The van der Waals surface area contributed by atoms with Crippen LogP contribution in [0.25, 0.3) is 0 Å². The molecule has 1 rings (SSSR count).